The molecule has 1 saturated heterocycles. The monoisotopic (exact) mass is 264 g/mol. The van der Waals surface area contributed by atoms with Crippen molar-refractivity contribution < 1.29 is 0 Å². The molecule has 0 aromatic carbocycles. The van der Waals surface area contributed by atoms with Crippen molar-refractivity contribution >= 4 is 0 Å². The van der Waals surface area contributed by atoms with Crippen molar-refractivity contribution in [2.45, 2.75) is 65.2 Å². The van der Waals surface area contributed by atoms with E-state index in [4.69, 9.17) is 0 Å². The van der Waals surface area contributed by atoms with E-state index in [-0.39, 0.29) is 0 Å². The zero-order valence-electron chi connectivity index (χ0n) is 12.8. The van der Waals surface area contributed by atoms with E-state index in [1.54, 1.807) is 0 Å². The van der Waals surface area contributed by atoms with Crippen LogP contribution in [-0.2, 0) is 6.54 Å². The van der Waals surface area contributed by atoms with Crippen LogP contribution in [0.1, 0.15) is 52.1 Å². The number of aryl methyl sites for hydroxylation is 1. The van der Waals surface area contributed by atoms with Crippen LogP contribution in [0, 0.1) is 0 Å². The molecule has 19 heavy (non-hydrogen) atoms. The van der Waals surface area contributed by atoms with Crippen LogP contribution < -0.4 is 5.32 Å². The molecule has 4 nitrogen and oxygen atoms in total. The van der Waals surface area contributed by atoms with Crippen molar-refractivity contribution in [3.05, 3.63) is 18.0 Å². The van der Waals surface area contributed by atoms with Crippen molar-refractivity contribution in [3.63, 3.8) is 0 Å². The zero-order chi connectivity index (χ0) is 13.8. The summed E-state index contributed by atoms with van der Waals surface area (Å²) in [6.45, 7) is 12.3. The minimum absolute atomic E-state index is 0.399. The smallest absolute Gasteiger partial charge is 0.0537 e. The van der Waals surface area contributed by atoms with Crippen LogP contribution in [0.3, 0.4) is 0 Å². The van der Waals surface area contributed by atoms with Crippen molar-refractivity contribution in [2.24, 2.45) is 0 Å². The molecule has 1 fully saturated rings. The van der Waals surface area contributed by atoms with Gasteiger partial charge in [0.25, 0.3) is 0 Å². The van der Waals surface area contributed by atoms with Gasteiger partial charge >= 0.3 is 0 Å². The molecule has 4 heteroatoms. The molecule has 1 aliphatic heterocycles. The van der Waals surface area contributed by atoms with Crippen molar-refractivity contribution in [2.75, 3.05) is 13.1 Å². The number of nitrogens with one attached hydrogen (secondary N) is 1. The first-order valence-electron chi connectivity index (χ1n) is 7.62. The zero-order valence-corrected chi connectivity index (χ0v) is 12.8. The molecular formula is C15H28N4. The minimum atomic E-state index is 0.399. The maximum Gasteiger partial charge on any atom is 0.0537 e. The van der Waals surface area contributed by atoms with Gasteiger partial charge in [-0.15, -0.1) is 0 Å². The van der Waals surface area contributed by atoms with E-state index in [9.17, 15) is 0 Å². The molecule has 0 bridgehead atoms. The Morgan fingerprint density at radius 1 is 1.32 bits per heavy atom. The average Bonchev–Trinajstić information content (AvgIpc) is 2.88. The highest BCUT2D eigenvalue weighted by atomic mass is 15.3. The summed E-state index contributed by atoms with van der Waals surface area (Å²) in [5.74, 6) is 0. The second-order valence-corrected chi connectivity index (χ2v) is 5.92. The third-order valence-corrected chi connectivity index (χ3v) is 4.22. The highest BCUT2D eigenvalue weighted by molar-refractivity contribution is 5.09. The molecule has 0 saturated carbocycles. The second-order valence-electron chi connectivity index (χ2n) is 5.92. The Morgan fingerprint density at radius 3 is 2.53 bits per heavy atom. The molecule has 1 unspecified atom stereocenters. The molecule has 1 aliphatic rings. The van der Waals surface area contributed by atoms with Crippen LogP contribution in [0.2, 0.25) is 0 Å². The summed E-state index contributed by atoms with van der Waals surface area (Å²) >= 11 is 0. The van der Waals surface area contributed by atoms with Gasteiger partial charge in [-0.05, 0) is 53.6 Å². The van der Waals surface area contributed by atoms with E-state index in [0.717, 1.165) is 6.54 Å². The van der Waals surface area contributed by atoms with Gasteiger partial charge in [0, 0.05) is 36.4 Å². The first-order chi connectivity index (χ1) is 9.10. The summed E-state index contributed by atoms with van der Waals surface area (Å²) in [5, 5.41) is 8.10. The predicted octanol–water partition coefficient (Wildman–Crippen LogP) is 2.43. The van der Waals surface area contributed by atoms with Crippen LogP contribution in [0.5, 0.6) is 0 Å². The fourth-order valence-electron chi connectivity index (χ4n) is 2.81. The lowest BCUT2D eigenvalue weighted by atomic mass is 10.0. The van der Waals surface area contributed by atoms with Gasteiger partial charge in [0.2, 0.25) is 0 Å². The fourth-order valence-corrected chi connectivity index (χ4v) is 2.81. The molecule has 1 aromatic rings. The standard InChI is InChI=1S/C15H28N4/c1-5-19-11-14(10-16-19)13(4)17-15-6-8-18(9-7-15)12(2)3/h10-13,15,17H,5-9H2,1-4H3. The molecule has 0 amide bonds. The minimum Gasteiger partial charge on any atom is -0.307 e. The van der Waals surface area contributed by atoms with Gasteiger partial charge in [-0.2, -0.15) is 5.10 Å². The summed E-state index contributed by atoms with van der Waals surface area (Å²) in [6, 6.07) is 1.73. The first-order valence-corrected chi connectivity index (χ1v) is 7.62. The second kappa shape index (κ2) is 6.53. The summed E-state index contributed by atoms with van der Waals surface area (Å²) in [7, 11) is 0. The Hall–Kier alpha value is -0.870. The van der Waals surface area contributed by atoms with Gasteiger partial charge in [0.15, 0.2) is 0 Å². The molecule has 0 spiro atoms. The molecule has 1 atom stereocenters. The van der Waals surface area contributed by atoms with Crippen LogP contribution in [0.15, 0.2) is 12.4 Å². The van der Waals surface area contributed by atoms with Gasteiger partial charge in [-0.1, -0.05) is 0 Å². The van der Waals surface area contributed by atoms with E-state index < -0.39 is 0 Å². The fraction of sp³-hybridized carbons (Fsp3) is 0.800. The Bertz CT molecular complexity index is 377. The number of nitrogens with zero attached hydrogens (tertiary/aromatic N) is 3. The van der Waals surface area contributed by atoms with Gasteiger partial charge in [-0.3, -0.25) is 4.68 Å². The molecule has 1 N–H and O–H groups in total. The molecule has 0 radical (unpaired) electrons. The van der Waals surface area contributed by atoms with Gasteiger partial charge in [0.1, 0.15) is 0 Å². The normalized spacial score (nSPS) is 20.1. The summed E-state index contributed by atoms with van der Waals surface area (Å²) in [6.07, 6.45) is 6.65. The number of aromatic nitrogens is 2. The third-order valence-electron chi connectivity index (χ3n) is 4.22. The predicted molar refractivity (Wildman–Crippen MR) is 79.2 cm³/mol. The average molecular weight is 264 g/mol. The van der Waals surface area contributed by atoms with Crippen molar-refractivity contribution in [3.8, 4) is 0 Å². The maximum absolute atomic E-state index is 4.35. The highest BCUT2D eigenvalue weighted by Crippen LogP contribution is 2.18. The third kappa shape index (κ3) is 3.80. The molecule has 2 rings (SSSR count). The highest BCUT2D eigenvalue weighted by Gasteiger charge is 2.22. The Kier molecular flexibility index (Phi) is 4.99. The van der Waals surface area contributed by atoms with Crippen molar-refractivity contribution in [1.82, 2.24) is 20.0 Å². The summed E-state index contributed by atoms with van der Waals surface area (Å²) < 4.78 is 1.99. The van der Waals surface area contributed by atoms with Crippen LogP contribution in [0.25, 0.3) is 0 Å². The van der Waals surface area contributed by atoms with E-state index in [1.165, 1.54) is 31.5 Å². The van der Waals surface area contributed by atoms with E-state index in [0.29, 0.717) is 18.1 Å². The van der Waals surface area contributed by atoms with E-state index in [1.807, 2.05) is 10.9 Å². The molecule has 1 aromatic heterocycles. The van der Waals surface area contributed by atoms with Crippen LogP contribution in [0.4, 0.5) is 0 Å². The van der Waals surface area contributed by atoms with Crippen LogP contribution in [-0.4, -0.2) is 39.9 Å². The lowest BCUT2D eigenvalue weighted by Crippen LogP contribution is -2.45. The molecular weight excluding hydrogens is 236 g/mol. The molecule has 108 valence electrons. The Labute approximate surface area is 117 Å². The van der Waals surface area contributed by atoms with E-state index in [2.05, 4.69) is 49.2 Å². The quantitative estimate of drug-likeness (QED) is 0.886. The molecule has 2 heterocycles. The number of hydrogen-bond acceptors (Lipinski definition) is 3. The maximum atomic E-state index is 4.35. The topological polar surface area (TPSA) is 33.1 Å². The SMILES string of the molecule is CCn1cc(C(C)NC2CCN(C(C)C)CC2)cn1. The Balaban J connectivity index is 1.82. The number of likely N-dealkylation sites (tertiary alicyclic amines) is 1. The Morgan fingerprint density at radius 2 is 2.00 bits per heavy atom. The van der Waals surface area contributed by atoms with Crippen molar-refractivity contribution in [1.29, 1.82) is 0 Å². The van der Waals surface area contributed by atoms with Crippen LogP contribution >= 0.6 is 0 Å². The molecule has 0 aliphatic carbocycles. The summed E-state index contributed by atoms with van der Waals surface area (Å²) in [4.78, 5) is 2.57. The number of piperidine rings is 1. The van der Waals surface area contributed by atoms with E-state index >= 15 is 0 Å². The van der Waals surface area contributed by atoms with Gasteiger partial charge in [-0.25, -0.2) is 0 Å². The largest absolute Gasteiger partial charge is 0.307 e. The van der Waals surface area contributed by atoms with Gasteiger partial charge in [0.05, 0.1) is 6.20 Å². The first kappa shape index (κ1) is 14.5. The number of rotatable bonds is 5. The summed E-state index contributed by atoms with van der Waals surface area (Å²) in [5.41, 5.74) is 1.30. The lowest BCUT2D eigenvalue weighted by molar-refractivity contribution is 0.157. The lowest BCUT2D eigenvalue weighted by Gasteiger charge is -2.36. The number of hydrogen-bond donors (Lipinski definition) is 1. The van der Waals surface area contributed by atoms with Gasteiger partial charge < -0.3 is 10.2 Å².